The predicted molar refractivity (Wildman–Crippen MR) is 302 cm³/mol. The van der Waals surface area contributed by atoms with E-state index in [2.05, 4.69) is 130 Å². The van der Waals surface area contributed by atoms with Crippen LogP contribution in [0.25, 0.3) is 0 Å². The molecule has 0 aliphatic carbocycles. The summed E-state index contributed by atoms with van der Waals surface area (Å²) < 4.78 is 16.8. The average Bonchev–Trinajstić information content (AvgIpc) is 3.36. The van der Waals surface area contributed by atoms with Crippen LogP contribution in [0.2, 0.25) is 0 Å². The third-order valence-corrected chi connectivity index (χ3v) is 12.0. The van der Waals surface area contributed by atoms with Crippen LogP contribution in [0.3, 0.4) is 0 Å². The summed E-state index contributed by atoms with van der Waals surface area (Å²) in [5.41, 5.74) is 0. The van der Waals surface area contributed by atoms with Crippen LogP contribution < -0.4 is 0 Å². The lowest BCUT2D eigenvalue weighted by molar-refractivity contribution is -0.167. The first-order valence-corrected chi connectivity index (χ1v) is 28.9. The van der Waals surface area contributed by atoms with Crippen LogP contribution in [0.1, 0.15) is 258 Å². The zero-order valence-electron chi connectivity index (χ0n) is 45.5. The van der Waals surface area contributed by atoms with Crippen LogP contribution in [0.4, 0.5) is 0 Å². The average molecular weight is 972 g/mol. The Hall–Kier alpha value is -3.93. The highest BCUT2D eigenvalue weighted by molar-refractivity contribution is 5.71. The third kappa shape index (κ3) is 55.0. The van der Waals surface area contributed by atoms with Crippen molar-refractivity contribution in [3.63, 3.8) is 0 Å². The van der Waals surface area contributed by atoms with Gasteiger partial charge in [-0.15, -0.1) is 0 Å². The molecule has 0 N–H and O–H groups in total. The Morgan fingerprint density at radius 1 is 0.300 bits per heavy atom. The second-order valence-electron chi connectivity index (χ2n) is 18.8. The van der Waals surface area contributed by atoms with Crippen molar-refractivity contribution in [3.8, 4) is 0 Å². The van der Waals surface area contributed by atoms with Crippen molar-refractivity contribution in [3.05, 3.63) is 109 Å². The molecule has 398 valence electrons. The monoisotopic (exact) mass is 971 g/mol. The largest absolute Gasteiger partial charge is 0.462 e. The van der Waals surface area contributed by atoms with Crippen molar-refractivity contribution in [2.75, 3.05) is 13.2 Å². The molecule has 1 atom stereocenters. The molecular formula is C64H106O6. The molecule has 0 saturated heterocycles. The Kier molecular flexibility index (Phi) is 54.4. The van der Waals surface area contributed by atoms with E-state index in [1.54, 1.807) is 0 Å². The van der Waals surface area contributed by atoms with Gasteiger partial charge in [-0.25, -0.2) is 0 Å². The van der Waals surface area contributed by atoms with Crippen molar-refractivity contribution >= 4 is 17.9 Å². The Morgan fingerprint density at radius 2 is 0.557 bits per heavy atom. The summed E-state index contributed by atoms with van der Waals surface area (Å²) in [5, 5.41) is 0. The summed E-state index contributed by atoms with van der Waals surface area (Å²) in [5.74, 6) is -0.974. The van der Waals surface area contributed by atoms with Gasteiger partial charge in [0.15, 0.2) is 6.10 Å². The van der Waals surface area contributed by atoms with E-state index in [4.69, 9.17) is 14.2 Å². The van der Waals surface area contributed by atoms with E-state index in [0.717, 1.165) is 135 Å². The first-order valence-electron chi connectivity index (χ1n) is 28.9. The van der Waals surface area contributed by atoms with Gasteiger partial charge in [0.1, 0.15) is 13.2 Å². The van der Waals surface area contributed by atoms with E-state index in [1.165, 1.54) is 83.5 Å². The fourth-order valence-corrected chi connectivity index (χ4v) is 7.65. The number of carbonyl (C=O) groups excluding carboxylic acids is 3. The smallest absolute Gasteiger partial charge is 0.306 e. The molecule has 0 amide bonds. The Bertz CT molecular complexity index is 1440. The van der Waals surface area contributed by atoms with E-state index in [1.807, 2.05) is 0 Å². The van der Waals surface area contributed by atoms with Crippen LogP contribution in [0, 0.1) is 0 Å². The van der Waals surface area contributed by atoms with E-state index < -0.39 is 6.10 Å². The molecule has 0 rings (SSSR count). The molecule has 6 nitrogen and oxygen atoms in total. The first kappa shape index (κ1) is 66.1. The standard InChI is InChI=1S/C64H106O6/c1-4-7-10-13-16-19-22-25-28-30-31-32-33-34-37-39-42-45-48-51-54-57-63(66)69-60-61(59-68-62(65)56-53-50-47-44-41-38-35-27-24-21-18-15-12-9-6-3)70-64(67)58-55-52-49-46-43-40-36-29-26-23-20-17-14-11-8-5-2/h9,12,18,20-23,25,27,29-31,33-36,41,44,61H,4-8,10-11,13-17,19,24,26,28,32,37-40,42-43,45-60H2,1-3H3/b12-9-,21-18-,23-20-,25-22-,31-30-,34-33-,35-27-,36-29-,44-41-. The predicted octanol–water partition coefficient (Wildman–Crippen LogP) is 19.5. The number of hydrogen-bond acceptors (Lipinski definition) is 6. The molecule has 0 radical (unpaired) electrons. The summed E-state index contributed by atoms with van der Waals surface area (Å²) in [7, 11) is 0. The highest BCUT2D eigenvalue weighted by Crippen LogP contribution is 2.13. The van der Waals surface area contributed by atoms with Crippen LogP contribution in [0.5, 0.6) is 0 Å². The SMILES string of the molecule is CC/C=C\C/C=C\C/C=C\C/C=C\CCCCC(=O)OCC(COC(=O)CCCCCCCC/C=C\C/C=C\C/C=C\CCCCCCC)OC(=O)CCCCCCC/C=C\C/C=C\CCCCCC. The van der Waals surface area contributed by atoms with Crippen molar-refractivity contribution < 1.29 is 28.6 Å². The van der Waals surface area contributed by atoms with Crippen LogP contribution in [-0.4, -0.2) is 37.2 Å². The lowest BCUT2D eigenvalue weighted by Gasteiger charge is -2.18. The summed E-state index contributed by atoms with van der Waals surface area (Å²) in [6.07, 6.45) is 77.9. The van der Waals surface area contributed by atoms with Crippen LogP contribution in [0.15, 0.2) is 109 Å². The van der Waals surface area contributed by atoms with Crippen LogP contribution >= 0.6 is 0 Å². The molecule has 0 spiro atoms. The summed E-state index contributed by atoms with van der Waals surface area (Å²) >= 11 is 0. The maximum Gasteiger partial charge on any atom is 0.306 e. The van der Waals surface area contributed by atoms with E-state index >= 15 is 0 Å². The first-order chi connectivity index (χ1) is 34.5. The van der Waals surface area contributed by atoms with E-state index in [0.29, 0.717) is 19.3 Å². The zero-order valence-corrected chi connectivity index (χ0v) is 45.5. The molecule has 0 heterocycles. The Morgan fingerprint density at radius 3 is 0.914 bits per heavy atom. The van der Waals surface area contributed by atoms with E-state index in [-0.39, 0.29) is 31.1 Å². The number of rotatable bonds is 51. The maximum absolute atomic E-state index is 12.9. The highest BCUT2D eigenvalue weighted by atomic mass is 16.6. The van der Waals surface area contributed by atoms with Crippen LogP contribution in [-0.2, 0) is 28.6 Å². The van der Waals surface area contributed by atoms with Crippen molar-refractivity contribution in [2.45, 2.75) is 264 Å². The number of esters is 3. The summed E-state index contributed by atoms with van der Waals surface area (Å²) in [6, 6.07) is 0. The molecule has 6 heteroatoms. The van der Waals surface area contributed by atoms with Gasteiger partial charge in [-0.3, -0.25) is 14.4 Å². The molecule has 0 fully saturated rings. The summed E-state index contributed by atoms with van der Waals surface area (Å²) in [4.78, 5) is 38.2. The minimum absolute atomic E-state index is 0.106. The molecule has 0 aliphatic heterocycles. The molecular weight excluding hydrogens is 865 g/mol. The van der Waals surface area contributed by atoms with Gasteiger partial charge in [0.05, 0.1) is 0 Å². The van der Waals surface area contributed by atoms with Gasteiger partial charge < -0.3 is 14.2 Å². The lowest BCUT2D eigenvalue weighted by Crippen LogP contribution is -2.30. The molecule has 0 aromatic heterocycles. The van der Waals surface area contributed by atoms with Gasteiger partial charge in [-0.1, -0.05) is 220 Å². The molecule has 0 bridgehead atoms. The van der Waals surface area contributed by atoms with Gasteiger partial charge in [0, 0.05) is 19.3 Å². The van der Waals surface area contributed by atoms with Gasteiger partial charge in [0.2, 0.25) is 0 Å². The topological polar surface area (TPSA) is 78.9 Å². The van der Waals surface area contributed by atoms with Crippen molar-refractivity contribution in [1.82, 2.24) is 0 Å². The molecule has 70 heavy (non-hydrogen) atoms. The molecule has 1 unspecified atom stereocenters. The van der Waals surface area contributed by atoms with Gasteiger partial charge in [-0.05, 0) is 128 Å². The normalized spacial score (nSPS) is 12.9. The van der Waals surface area contributed by atoms with Crippen molar-refractivity contribution in [1.29, 1.82) is 0 Å². The molecule has 0 aliphatic rings. The maximum atomic E-state index is 12.9. The second kappa shape index (κ2) is 57.6. The summed E-state index contributed by atoms with van der Waals surface area (Å²) in [6.45, 7) is 6.44. The number of hydrogen-bond donors (Lipinski definition) is 0. The number of ether oxygens (including phenoxy) is 3. The van der Waals surface area contributed by atoms with Gasteiger partial charge in [-0.2, -0.15) is 0 Å². The fraction of sp³-hybridized carbons (Fsp3) is 0.672. The number of unbranched alkanes of at least 4 members (excludes halogenated alkanes) is 22. The molecule has 0 aromatic rings. The Balaban J connectivity index is 4.48. The zero-order chi connectivity index (χ0) is 50.7. The lowest BCUT2D eigenvalue weighted by atomic mass is 10.1. The quantitative estimate of drug-likeness (QED) is 0.0262. The minimum Gasteiger partial charge on any atom is -0.462 e. The third-order valence-electron chi connectivity index (χ3n) is 12.0. The Labute approximate surface area is 431 Å². The highest BCUT2D eigenvalue weighted by Gasteiger charge is 2.19. The van der Waals surface area contributed by atoms with Gasteiger partial charge >= 0.3 is 17.9 Å². The number of allylic oxidation sites excluding steroid dienone is 18. The molecule has 0 aromatic carbocycles. The van der Waals surface area contributed by atoms with Crippen molar-refractivity contribution in [2.24, 2.45) is 0 Å². The number of carbonyl (C=O) groups is 3. The minimum atomic E-state index is -0.811. The van der Waals surface area contributed by atoms with E-state index in [9.17, 15) is 14.4 Å². The fourth-order valence-electron chi connectivity index (χ4n) is 7.65. The second-order valence-corrected chi connectivity index (χ2v) is 18.8. The van der Waals surface area contributed by atoms with Gasteiger partial charge in [0.25, 0.3) is 0 Å². The molecule has 0 saturated carbocycles.